The van der Waals surface area contributed by atoms with E-state index in [1.54, 1.807) is 4.68 Å². The van der Waals surface area contributed by atoms with Gasteiger partial charge in [0.15, 0.2) is 5.69 Å². The maximum atomic E-state index is 11.0. The summed E-state index contributed by atoms with van der Waals surface area (Å²) in [5.74, 6) is -1.05. The van der Waals surface area contributed by atoms with Crippen molar-refractivity contribution in [3.05, 3.63) is 23.2 Å². The molecule has 0 aliphatic heterocycles. The number of thiophene rings is 1. The molecule has 0 spiro atoms. The van der Waals surface area contributed by atoms with Crippen molar-refractivity contribution < 1.29 is 9.90 Å². The molecular weight excluding hydrogens is 226 g/mol. The normalized spacial score (nSPS) is 10.9. The average molecular weight is 237 g/mol. The van der Waals surface area contributed by atoms with E-state index in [0.717, 1.165) is 4.88 Å². The Balaban J connectivity index is 2.63. The van der Waals surface area contributed by atoms with Crippen LogP contribution in [-0.4, -0.2) is 26.1 Å². The number of hydrogen-bond donors (Lipinski definition) is 1. The number of carboxylic acids is 1. The molecule has 0 fully saturated rings. The van der Waals surface area contributed by atoms with E-state index in [1.165, 1.54) is 11.3 Å². The zero-order valence-corrected chi connectivity index (χ0v) is 9.73. The fourth-order valence-electron chi connectivity index (χ4n) is 1.44. The zero-order chi connectivity index (χ0) is 11.7. The van der Waals surface area contributed by atoms with E-state index < -0.39 is 5.97 Å². The van der Waals surface area contributed by atoms with Gasteiger partial charge in [-0.15, -0.1) is 16.4 Å². The largest absolute Gasteiger partial charge is 0.476 e. The predicted molar refractivity (Wildman–Crippen MR) is 60.7 cm³/mol. The summed E-state index contributed by atoms with van der Waals surface area (Å²) >= 11 is 1.48. The first-order chi connectivity index (χ1) is 7.61. The Morgan fingerprint density at radius 2 is 2.31 bits per heavy atom. The minimum atomic E-state index is -1.05. The van der Waals surface area contributed by atoms with Gasteiger partial charge in [-0.3, -0.25) is 0 Å². The van der Waals surface area contributed by atoms with Gasteiger partial charge >= 0.3 is 5.97 Å². The van der Waals surface area contributed by atoms with Crippen LogP contribution >= 0.6 is 11.3 Å². The third-order valence-electron chi connectivity index (χ3n) is 2.14. The van der Waals surface area contributed by atoms with Crippen molar-refractivity contribution in [3.63, 3.8) is 0 Å². The summed E-state index contributed by atoms with van der Waals surface area (Å²) in [6, 6.07) is 3.83. The van der Waals surface area contributed by atoms with Crippen LogP contribution in [0.3, 0.4) is 0 Å². The van der Waals surface area contributed by atoms with E-state index in [2.05, 4.69) is 10.3 Å². The van der Waals surface area contributed by atoms with Gasteiger partial charge in [0.25, 0.3) is 0 Å². The number of aromatic carboxylic acids is 1. The molecule has 2 aromatic rings. The molecule has 1 N–H and O–H groups in total. The van der Waals surface area contributed by atoms with Gasteiger partial charge in [0, 0.05) is 6.04 Å². The Morgan fingerprint density at radius 1 is 1.56 bits per heavy atom. The van der Waals surface area contributed by atoms with Crippen molar-refractivity contribution in [2.24, 2.45) is 0 Å². The Morgan fingerprint density at radius 3 is 2.81 bits per heavy atom. The number of nitrogens with zero attached hydrogens (tertiary/aromatic N) is 3. The molecule has 5 nitrogen and oxygen atoms in total. The van der Waals surface area contributed by atoms with Crippen molar-refractivity contribution >= 4 is 17.3 Å². The van der Waals surface area contributed by atoms with Crippen LogP contribution in [0.25, 0.3) is 10.6 Å². The van der Waals surface area contributed by atoms with Crippen molar-refractivity contribution in [3.8, 4) is 10.6 Å². The van der Waals surface area contributed by atoms with Gasteiger partial charge < -0.3 is 5.11 Å². The van der Waals surface area contributed by atoms with Crippen LogP contribution < -0.4 is 0 Å². The number of rotatable bonds is 3. The first-order valence-corrected chi connectivity index (χ1v) is 5.71. The molecule has 2 rings (SSSR count). The monoisotopic (exact) mass is 237 g/mol. The number of carboxylic acid groups (broad SMARTS) is 1. The summed E-state index contributed by atoms with van der Waals surface area (Å²) < 4.78 is 1.63. The molecular formula is C10H11N3O2S. The first-order valence-electron chi connectivity index (χ1n) is 4.83. The van der Waals surface area contributed by atoms with E-state index in [1.807, 2.05) is 31.4 Å². The second kappa shape index (κ2) is 4.05. The Hall–Kier alpha value is -1.69. The lowest BCUT2D eigenvalue weighted by atomic mass is 10.2. The molecule has 0 saturated carbocycles. The molecule has 0 unspecified atom stereocenters. The Bertz CT molecular complexity index is 502. The molecule has 0 aliphatic carbocycles. The van der Waals surface area contributed by atoms with Gasteiger partial charge in [-0.05, 0) is 25.3 Å². The quantitative estimate of drug-likeness (QED) is 0.889. The van der Waals surface area contributed by atoms with Gasteiger partial charge in [0.2, 0.25) is 0 Å². The fraction of sp³-hybridized carbons (Fsp3) is 0.300. The molecule has 84 valence electrons. The Labute approximate surface area is 96.3 Å². The summed E-state index contributed by atoms with van der Waals surface area (Å²) in [6.07, 6.45) is 0. The Kier molecular flexibility index (Phi) is 2.74. The van der Waals surface area contributed by atoms with Crippen molar-refractivity contribution in [1.29, 1.82) is 0 Å². The maximum Gasteiger partial charge on any atom is 0.358 e. The van der Waals surface area contributed by atoms with Crippen LogP contribution in [0.4, 0.5) is 0 Å². The van der Waals surface area contributed by atoms with Crippen LogP contribution in [0.1, 0.15) is 30.4 Å². The SMILES string of the molecule is CC(C)n1nnc(C(=O)O)c1-c1cccs1. The highest BCUT2D eigenvalue weighted by Gasteiger charge is 2.22. The van der Waals surface area contributed by atoms with Crippen LogP contribution in [0, 0.1) is 0 Å². The van der Waals surface area contributed by atoms with Crippen LogP contribution in [0.15, 0.2) is 17.5 Å². The molecule has 0 bridgehead atoms. The molecule has 0 amide bonds. The highest BCUT2D eigenvalue weighted by molar-refractivity contribution is 7.13. The molecule has 0 aliphatic rings. The first kappa shape index (κ1) is 10.8. The molecule has 0 saturated heterocycles. The van der Waals surface area contributed by atoms with Gasteiger partial charge in [0.05, 0.1) is 4.88 Å². The van der Waals surface area contributed by atoms with E-state index in [-0.39, 0.29) is 11.7 Å². The van der Waals surface area contributed by atoms with Crippen LogP contribution in [0.5, 0.6) is 0 Å². The molecule has 6 heteroatoms. The van der Waals surface area contributed by atoms with Crippen LogP contribution in [0.2, 0.25) is 0 Å². The van der Waals surface area contributed by atoms with Crippen molar-refractivity contribution in [2.75, 3.05) is 0 Å². The lowest BCUT2D eigenvalue weighted by molar-refractivity contribution is 0.0691. The smallest absolute Gasteiger partial charge is 0.358 e. The maximum absolute atomic E-state index is 11.0. The molecule has 0 aromatic carbocycles. The summed E-state index contributed by atoms with van der Waals surface area (Å²) in [7, 11) is 0. The fourth-order valence-corrected chi connectivity index (χ4v) is 2.20. The van der Waals surface area contributed by atoms with Crippen LogP contribution in [-0.2, 0) is 0 Å². The number of aromatic nitrogens is 3. The minimum absolute atomic E-state index is 0.0103. The minimum Gasteiger partial charge on any atom is -0.476 e. The molecule has 0 atom stereocenters. The van der Waals surface area contributed by atoms with E-state index >= 15 is 0 Å². The highest BCUT2D eigenvalue weighted by Crippen LogP contribution is 2.28. The van der Waals surface area contributed by atoms with Crippen molar-refractivity contribution in [2.45, 2.75) is 19.9 Å². The standard InChI is InChI=1S/C10H11N3O2S/c1-6(2)13-9(7-4-3-5-16-7)8(10(14)15)11-12-13/h3-6H,1-2H3,(H,14,15). The molecule has 16 heavy (non-hydrogen) atoms. The number of hydrogen-bond acceptors (Lipinski definition) is 4. The molecule has 2 heterocycles. The second-order valence-corrected chi connectivity index (χ2v) is 4.56. The predicted octanol–water partition coefficient (Wildman–Crippen LogP) is 2.29. The number of carbonyl (C=O) groups is 1. The summed E-state index contributed by atoms with van der Waals surface area (Å²) in [4.78, 5) is 11.9. The topological polar surface area (TPSA) is 68.0 Å². The van der Waals surface area contributed by atoms with E-state index in [9.17, 15) is 4.79 Å². The van der Waals surface area contributed by atoms with Crippen molar-refractivity contribution in [1.82, 2.24) is 15.0 Å². The lowest BCUT2D eigenvalue weighted by Crippen LogP contribution is -2.06. The summed E-state index contributed by atoms with van der Waals surface area (Å²) in [6.45, 7) is 3.88. The lowest BCUT2D eigenvalue weighted by Gasteiger charge is -2.08. The third-order valence-corrected chi connectivity index (χ3v) is 3.02. The van der Waals surface area contributed by atoms with Gasteiger partial charge in [-0.1, -0.05) is 11.3 Å². The molecule has 0 radical (unpaired) electrons. The van der Waals surface area contributed by atoms with Gasteiger partial charge in [-0.25, -0.2) is 9.48 Å². The third kappa shape index (κ3) is 1.71. The molecule has 2 aromatic heterocycles. The average Bonchev–Trinajstić information content (AvgIpc) is 2.85. The van der Waals surface area contributed by atoms with Gasteiger partial charge in [-0.2, -0.15) is 0 Å². The van der Waals surface area contributed by atoms with E-state index in [0.29, 0.717) is 5.69 Å². The summed E-state index contributed by atoms with van der Waals surface area (Å²) in [5.41, 5.74) is 0.591. The zero-order valence-electron chi connectivity index (χ0n) is 8.91. The summed E-state index contributed by atoms with van der Waals surface area (Å²) in [5, 5.41) is 18.5. The van der Waals surface area contributed by atoms with Gasteiger partial charge in [0.1, 0.15) is 5.69 Å². The van der Waals surface area contributed by atoms with E-state index in [4.69, 9.17) is 5.11 Å². The second-order valence-electron chi connectivity index (χ2n) is 3.61. The highest BCUT2D eigenvalue weighted by atomic mass is 32.1.